The smallest absolute Gasteiger partial charge is 0.262 e. The lowest BCUT2D eigenvalue weighted by Gasteiger charge is -2.20. The summed E-state index contributed by atoms with van der Waals surface area (Å²) >= 11 is 0. The van der Waals surface area contributed by atoms with Crippen LogP contribution >= 0.6 is 0 Å². The van der Waals surface area contributed by atoms with Crippen molar-refractivity contribution in [2.24, 2.45) is 0 Å². The number of hydrogen-bond acceptors (Lipinski definition) is 5. The number of fused-ring (bicyclic) bond motifs is 2. The third-order valence-corrected chi connectivity index (χ3v) is 6.32. The molecule has 0 aliphatic heterocycles. The normalized spacial score (nSPS) is 11.1. The van der Waals surface area contributed by atoms with Crippen molar-refractivity contribution in [1.29, 1.82) is 0 Å². The molecule has 5 rings (SSSR count). The maximum atomic E-state index is 12.7. The van der Waals surface area contributed by atoms with Crippen LogP contribution in [0.1, 0.15) is 19.4 Å². The molecule has 0 aliphatic carbocycles. The molecule has 0 aliphatic rings. The van der Waals surface area contributed by atoms with Crippen molar-refractivity contribution >= 4 is 39.1 Å². The van der Waals surface area contributed by atoms with Crippen molar-refractivity contribution in [2.75, 3.05) is 29.9 Å². The zero-order valence-electron chi connectivity index (χ0n) is 20.7. The first-order chi connectivity index (χ1) is 17.6. The van der Waals surface area contributed by atoms with Crippen molar-refractivity contribution < 1.29 is 9.53 Å². The van der Waals surface area contributed by atoms with Gasteiger partial charge < -0.3 is 15.0 Å². The Balaban J connectivity index is 1.31. The summed E-state index contributed by atoms with van der Waals surface area (Å²) in [4.78, 5) is 16.6. The van der Waals surface area contributed by atoms with E-state index in [0.717, 1.165) is 40.6 Å². The minimum absolute atomic E-state index is 0.0862. The SMILES string of the molecule is CCN(CC)c1ccc(-n2nc3cc(C)c(NC(=O)COc4cccc5ccccc45)cc3n2)cc1. The molecule has 7 nitrogen and oxygen atoms in total. The van der Waals surface area contributed by atoms with Crippen LogP contribution in [0.15, 0.2) is 78.9 Å². The highest BCUT2D eigenvalue weighted by molar-refractivity contribution is 5.95. The van der Waals surface area contributed by atoms with E-state index in [1.165, 1.54) is 5.69 Å². The van der Waals surface area contributed by atoms with Gasteiger partial charge in [0, 0.05) is 29.9 Å². The number of carbonyl (C=O) groups excluding carboxylic acids is 1. The number of amides is 1. The van der Waals surface area contributed by atoms with Crippen molar-refractivity contribution in [3.63, 3.8) is 0 Å². The van der Waals surface area contributed by atoms with Gasteiger partial charge in [0.25, 0.3) is 5.91 Å². The largest absolute Gasteiger partial charge is 0.483 e. The second-order valence-electron chi connectivity index (χ2n) is 8.65. The van der Waals surface area contributed by atoms with Crippen LogP contribution in [0.4, 0.5) is 11.4 Å². The quantitative estimate of drug-likeness (QED) is 0.307. The van der Waals surface area contributed by atoms with E-state index in [1.807, 2.05) is 73.7 Å². The van der Waals surface area contributed by atoms with Crippen LogP contribution in [-0.2, 0) is 4.79 Å². The van der Waals surface area contributed by atoms with Crippen LogP contribution in [0, 0.1) is 6.92 Å². The molecule has 5 aromatic rings. The number of rotatable bonds is 8. The highest BCUT2D eigenvalue weighted by atomic mass is 16.5. The van der Waals surface area contributed by atoms with Crippen molar-refractivity contribution in [3.8, 4) is 11.4 Å². The Morgan fingerprint density at radius 1 is 0.917 bits per heavy atom. The Hall–Kier alpha value is -4.39. The van der Waals surface area contributed by atoms with Gasteiger partial charge in [-0.15, -0.1) is 10.2 Å². The Morgan fingerprint density at radius 2 is 1.61 bits per heavy atom. The molecule has 1 amide bonds. The fraction of sp³-hybridized carbons (Fsp3) is 0.207. The molecular formula is C29H29N5O2. The second-order valence-corrected chi connectivity index (χ2v) is 8.65. The van der Waals surface area contributed by atoms with Gasteiger partial charge >= 0.3 is 0 Å². The number of nitrogens with one attached hydrogen (secondary N) is 1. The van der Waals surface area contributed by atoms with E-state index in [0.29, 0.717) is 17.0 Å². The molecule has 1 heterocycles. The first-order valence-electron chi connectivity index (χ1n) is 12.2. The lowest BCUT2D eigenvalue weighted by molar-refractivity contribution is -0.118. The van der Waals surface area contributed by atoms with Gasteiger partial charge in [0.1, 0.15) is 16.8 Å². The molecule has 0 unspecified atom stereocenters. The number of carbonyl (C=O) groups is 1. The van der Waals surface area contributed by atoms with E-state index in [9.17, 15) is 4.79 Å². The zero-order valence-corrected chi connectivity index (χ0v) is 20.7. The van der Waals surface area contributed by atoms with E-state index in [-0.39, 0.29) is 12.5 Å². The minimum Gasteiger partial charge on any atom is -0.483 e. The number of hydrogen-bond donors (Lipinski definition) is 1. The van der Waals surface area contributed by atoms with Gasteiger partial charge in [0.05, 0.1) is 5.69 Å². The summed E-state index contributed by atoms with van der Waals surface area (Å²) in [5.74, 6) is 0.454. The second kappa shape index (κ2) is 10.1. The van der Waals surface area contributed by atoms with Crippen LogP contribution < -0.4 is 15.0 Å². The van der Waals surface area contributed by atoms with E-state index < -0.39 is 0 Å². The molecule has 4 aromatic carbocycles. The van der Waals surface area contributed by atoms with Gasteiger partial charge in [0.15, 0.2) is 6.61 Å². The standard InChI is InChI=1S/C29H29N5O2/c1-4-33(5-2)22-13-15-23(16-14-22)34-31-26-17-20(3)25(18-27(26)32-34)30-29(35)19-36-28-12-8-10-21-9-6-7-11-24(21)28/h6-18H,4-5,19H2,1-3H3,(H,30,35). The first-order valence-corrected chi connectivity index (χ1v) is 12.2. The van der Waals surface area contributed by atoms with Crippen molar-refractivity contribution in [1.82, 2.24) is 15.0 Å². The lowest BCUT2D eigenvalue weighted by Crippen LogP contribution is -2.21. The van der Waals surface area contributed by atoms with Gasteiger partial charge in [0.2, 0.25) is 0 Å². The third kappa shape index (κ3) is 4.73. The number of aromatic nitrogens is 3. The van der Waals surface area contributed by atoms with Gasteiger partial charge in [-0.3, -0.25) is 4.79 Å². The van der Waals surface area contributed by atoms with Crippen LogP contribution in [0.5, 0.6) is 5.75 Å². The minimum atomic E-state index is -0.232. The average Bonchev–Trinajstić information content (AvgIpc) is 3.31. The predicted octanol–water partition coefficient (Wildman–Crippen LogP) is 5.75. The Labute approximate surface area is 210 Å². The van der Waals surface area contributed by atoms with E-state index in [4.69, 9.17) is 4.74 Å². The Bertz CT molecular complexity index is 1520. The summed E-state index contributed by atoms with van der Waals surface area (Å²) in [5, 5.41) is 14.3. The molecule has 0 atom stereocenters. The molecule has 0 spiro atoms. The summed E-state index contributed by atoms with van der Waals surface area (Å²) in [6.07, 6.45) is 0. The molecule has 0 radical (unpaired) electrons. The molecule has 0 saturated carbocycles. The molecule has 1 N–H and O–H groups in total. The highest BCUT2D eigenvalue weighted by Crippen LogP contribution is 2.26. The van der Waals surface area contributed by atoms with Crippen molar-refractivity contribution in [3.05, 3.63) is 84.4 Å². The number of ether oxygens (including phenoxy) is 1. The zero-order chi connectivity index (χ0) is 25.1. The number of aryl methyl sites for hydroxylation is 1. The van der Waals surface area contributed by atoms with Crippen LogP contribution in [0.3, 0.4) is 0 Å². The van der Waals surface area contributed by atoms with Gasteiger partial charge in [-0.1, -0.05) is 36.4 Å². The summed E-state index contributed by atoms with van der Waals surface area (Å²) in [5.41, 5.74) is 5.13. The van der Waals surface area contributed by atoms with Crippen LogP contribution in [-0.4, -0.2) is 40.6 Å². The summed E-state index contributed by atoms with van der Waals surface area (Å²) in [6.45, 7) is 8.07. The topological polar surface area (TPSA) is 72.3 Å². The van der Waals surface area contributed by atoms with Gasteiger partial charge in [-0.2, -0.15) is 4.80 Å². The third-order valence-electron chi connectivity index (χ3n) is 6.32. The maximum absolute atomic E-state index is 12.7. The van der Waals surface area contributed by atoms with Crippen molar-refractivity contribution in [2.45, 2.75) is 20.8 Å². The number of anilines is 2. The number of nitrogens with zero attached hydrogens (tertiary/aromatic N) is 4. The van der Waals surface area contributed by atoms with Gasteiger partial charge in [-0.05, 0) is 74.2 Å². The molecule has 0 fully saturated rings. The maximum Gasteiger partial charge on any atom is 0.262 e. The van der Waals surface area contributed by atoms with Gasteiger partial charge in [-0.25, -0.2) is 0 Å². The summed E-state index contributed by atoms with van der Waals surface area (Å²) < 4.78 is 5.84. The van der Waals surface area contributed by atoms with Crippen LogP contribution in [0.2, 0.25) is 0 Å². The molecule has 182 valence electrons. The van der Waals surface area contributed by atoms with E-state index >= 15 is 0 Å². The molecule has 36 heavy (non-hydrogen) atoms. The Morgan fingerprint density at radius 3 is 2.36 bits per heavy atom. The Kier molecular flexibility index (Phi) is 6.54. The monoisotopic (exact) mass is 479 g/mol. The molecule has 0 saturated heterocycles. The van der Waals surface area contributed by atoms with Crippen LogP contribution in [0.25, 0.3) is 27.5 Å². The predicted molar refractivity (Wildman–Crippen MR) is 145 cm³/mol. The molecule has 1 aromatic heterocycles. The fourth-order valence-electron chi connectivity index (χ4n) is 4.35. The highest BCUT2D eigenvalue weighted by Gasteiger charge is 2.12. The van der Waals surface area contributed by atoms with E-state index in [2.05, 4.69) is 46.4 Å². The summed E-state index contributed by atoms with van der Waals surface area (Å²) in [7, 11) is 0. The van der Waals surface area contributed by atoms with E-state index in [1.54, 1.807) is 4.80 Å². The molecule has 0 bridgehead atoms. The lowest BCUT2D eigenvalue weighted by atomic mass is 10.1. The first kappa shape index (κ1) is 23.4. The summed E-state index contributed by atoms with van der Waals surface area (Å²) in [6, 6.07) is 25.8. The average molecular weight is 480 g/mol. The number of benzene rings is 4. The molecular weight excluding hydrogens is 450 g/mol. The fourth-order valence-corrected chi connectivity index (χ4v) is 4.35. The molecule has 7 heteroatoms.